The molecule has 1 aliphatic carbocycles. The van der Waals surface area contributed by atoms with Gasteiger partial charge in [0.1, 0.15) is 0 Å². The number of carbonyl (C=O) groups excluding carboxylic acids is 1. The van der Waals surface area contributed by atoms with Gasteiger partial charge in [-0.2, -0.15) is 0 Å². The summed E-state index contributed by atoms with van der Waals surface area (Å²) in [5, 5.41) is 12.1. The molecule has 1 heterocycles. The highest BCUT2D eigenvalue weighted by molar-refractivity contribution is 5.94. The lowest BCUT2D eigenvalue weighted by Gasteiger charge is -2.29. The van der Waals surface area contributed by atoms with Crippen molar-refractivity contribution in [2.75, 3.05) is 13.2 Å². The summed E-state index contributed by atoms with van der Waals surface area (Å²) in [7, 11) is 0. The maximum Gasteiger partial charge on any atom is 0.329 e. The number of ether oxygens (including phenoxy) is 1. The van der Waals surface area contributed by atoms with Crippen LogP contribution in [-0.4, -0.2) is 39.8 Å². The molecule has 0 unspecified atom stereocenters. The molecule has 0 atom stereocenters. The van der Waals surface area contributed by atoms with Crippen LogP contribution in [0.3, 0.4) is 0 Å². The zero-order valence-corrected chi connectivity index (χ0v) is 17.9. The molecule has 0 saturated heterocycles. The molecule has 3 N–H and O–H groups in total. The number of aromatic amines is 1. The van der Waals surface area contributed by atoms with Crippen LogP contribution in [0, 0.1) is 0 Å². The van der Waals surface area contributed by atoms with E-state index in [0.717, 1.165) is 36.7 Å². The van der Waals surface area contributed by atoms with Crippen LogP contribution in [0.4, 0.5) is 0 Å². The Labute approximate surface area is 181 Å². The third kappa shape index (κ3) is 5.64. The molecule has 3 rings (SSSR count). The van der Waals surface area contributed by atoms with E-state index in [4.69, 9.17) is 9.84 Å². The van der Waals surface area contributed by atoms with E-state index in [0.29, 0.717) is 12.3 Å². The number of nitrogens with one attached hydrogen (secondary N) is 2. The van der Waals surface area contributed by atoms with E-state index in [1.807, 2.05) is 25.1 Å². The lowest BCUT2D eigenvalue weighted by Crippen LogP contribution is -2.43. The molecular formula is C23H31N3O5. The lowest BCUT2D eigenvalue weighted by molar-refractivity contribution is 0.0914. The first-order chi connectivity index (χ1) is 15.0. The molecule has 8 heteroatoms. The van der Waals surface area contributed by atoms with E-state index in [9.17, 15) is 14.4 Å². The van der Waals surface area contributed by atoms with E-state index >= 15 is 0 Å². The number of aliphatic hydroxyl groups excluding tert-OH is 1. The van der Waals surface area contributed by atoms with Crippen molar-refractivity contribution in [1.29, 1.82) is 0 Å². The fraction of sp³-hybridized carbons (Fsp3) is 0.522. The van der Waals surface area contributed by atoms with Crippen LogP contribution in [0.5, 0.6) is 5.75 Å². The van der Waals surface area contributed by atoms with Crippen LogP contribution >= 0.6 is 0 Å². The summed E-state index contributed by atoms with van der Waals surface area (Å²) in [5.41, 5.74) is -0.271. The van der Waals surface area contributed by atoms with Gasteiger partial charge in [-0.1, -0.05) is 43.7 Å². The highest BCUT2D eigenvalue weighted by Gasteiger charge is 2.26. The SMILES string of the molecule is CCCCOc1c(C(=O)N[C@H]2CC[C@@H](c3ccccc3)CC2)[nH]c(=O)n(CCO)c1=O. The zero-order chi connectivity index (χ0) is 22.2. The third-order valence-electron chi connectivity index (χ3n) is 5.77. The van der Waals surface area contributed by atoms with E-state index in [-0.39, 0.29) is 37.2 Å². The topological polar surface area (TPSA) is 113 Å². The van der Waals surface area contributed by atoms with Gasteiger partial charge in [0.2, 0.25) is 5.75 Å². The number of hydrogen-bond acceptors (Lipinski definition) is 5. The molecule has 0 radical (unpaired) electrons. The number of rotatable bonds is 9. The van der Waals surface area contributed by atoms with Crippen molar-refractivity contribution in [3.05, 3.63) is 62.4 Å². The molecular weight excluding hydrogens is 398 g/mol. The summed E-state index contributed by atoms with van der Waals surface area (Å²) in [6.07, 6.45) is 5.14. The summed E-state index contributed by atoms with van der Waals surface area (Å²) in [6, 6.07) is 10.3. The minimum absolute atomic E-state index is 0.0284. The van der Waals surface area contributed by atoms with E-state index in [1.54, 1.807) is 0 Å². The number of H-pyrrole nitrogens is 1. The van der Waals surface area contributed by atoms with Crippen LogP contribution < -0.4 is 21.3 Å². The molecule has 1 saturated carbocycles. The molecule has 1 amide bonds. The van der Waals surface area contributed by atoms with Gasteiger partial charge in [0.05, 0.1) is 19.8 Å². The molecule has 1 aromatic carbocycles. The highest BCUT2D eigenvalue weighted by atomic mass is 16.5. The summed E-state index contributed by atoms with van der Waals surface area (Å²) in [4.78, 5) is 40.4. The van der Waals surface area contributed by atoms with Crippen LogP contribution in [0.2, 0.25) is 0 Å². The Hall–Kier alpha value is -2.87. The van der Waals surface area contributed by atoms with Gasteiger partial charge in [-0.3, -0.25) is 19.1 Å². The minimum atomic E-state index is -0.736. The Balaban J connectivity index is 1.73. The standard InChI is InChI=1S/C23H31N3O5/c1-2-3-15-31-20-19(25-23(30)26(13-14-27)22(20)29)21(28)24-18-11-9-17(10-12-18)16-7-5-4-6-8-16/h4-8,17-18,27H,2-3,9-15H2,1H3,(H,24,28)(H,25,30)/t17-,18+. The van der Waals surface area contributed by atoms with Crippen LogP contribution in [0.15, 0.2) is 39.9 Å². The first-order valence-corrected chi connectivity index (χ1v) is 11.0. The van der Waals surface area contributed by atoms with Crippen LogP contribution in [0.1, 0.15) is 67.4 Å². The quantitative estimate of drug-likeness (QED) is 0.529. The average molecular weight is 430 g/mol. The van der Waals surface area contributed by atoms with Gasteiger partial charge in [0.25, 0.3) is 11.5 Å². The number of benzene rings is 1. The minimum Gasteiger partial charge on any atom is -0.486 e. The molecule has 1 aromatic heterocycles. The maximum absolute atomic E-state index is 12.9. The summed E-state index contributed by atoms with van der Waals surface area (Å²) < 4.78 is 6.44. The van der Waals surface area contributed by atoms with Gasteiger partial charge in [0, 0.05) is 6.04 Å². The molecule has 8 nitrogen and oxygen atoms in total. The Morgan fingerprint density at radius 1 is 1.19 bits per heavy atom. The van der Waals surface area contributed by atoms with Crippen LogP contribution in [0.25, 0.3) is 0 Å². The molecule has 1 fully saturated rings. The Bertz CT molecular complexity index is 975. The Kier molecular flexibility index (Phi) is 8.06. The molecule has 0 bridgehead atoms. The number of unbranched alkanes of at least 4 members (excludes halogenated alkanes) is 1. The predicted molar refractivity (Wildman–Crippen MR) is 118 cm³/mol. The average Bonchev–Trinajstić information content (AvgIpc) is 2.79. The number of amides is 1. The smallest absolute Gasteiger partial charge is 0.329 e. The fourth-order valence-corrected chi connectivity index (χ4v) is 4.02. The zero-order valence-electron chi connectivity index (χ0n) is 17.9. The lowest BCUT2D eigenvalue weighted by atomic mass is 9.82. The maximum atomic E-state index is 12.9. The number of aliphatic hydroxyl groups is 1. The van der Waals surface area contributed by atoms with Crippen molar-refractivity contribution in [1.82, 2.24) is 14.9 Å². The number of nitrogens with zero attached hydrogens (tertiary/aromatic N) is 1. The predicted octanol–water partition coefficient (Wildman–Crippen LogP) is 2.16. The second kappa shape index (κ2) is 10.9. The largest absolute Gasteiger partial charge is 0.486 e. The number of carbonyl (C=O) groups is 1. The van der Waals surface area contributed by atoms with Crippen molar-refractivity contribution in [3.8, 4) is 5.75 Å². The second-order valence-corrected chi connectivity index (χ2v) is 7.95. The van der Waals surface area contributed by atoms with Crippen molar-refractivity contribution >= 4 is 5.91 Å². The fourth-order valence-electron chi connectivity index (χ4n) is 4.02. The first-order valence-electron chi connectivity index (χ1n) is 11.0. The summed E-state index contributed by atoms with van der Waals surface area (Å²) in [6.45, 7) is 1.72. The monoisotopic (exact) mass is 429 g/mol. The van der Waals surface area contributed by atoms with Gasteiger partial charge in [-0.15, -0.1) is 0 Å². The van der Waals surface area contributed by atoms with Crippen LogP contribution in [-0.2, 0) is 6.54 Å². The number of hydrogen-bond donors (Lipinski definition) is 3. The summed E-state index contributed by atoms with van der Waals surface area (Å²) in [5.74, 6) is -0.207. The first kappa shape index (κ1) is 22.8. The van der Waals surface area contributed by atoms with E-state index < -0.39 is 17.2 Å². The molecule has 31 heavy (non-hydrogen) atoms. The molecule has 2 aromatic rings. The Morgan fingerprint density at radius 3 is 2.55 bits per heavy atom. The van der Waals surface area contributed by atoms with Gasteiger partial charge >= 0.3 is 5.69 Å². The highest BCUT2D eigenvalue weighted by Crippen LogP contribution is 2.32. The van der Waals surface area contributed by atoms with Gasteiger partial charge in [-0.05, 0) is 43.6 Å². The molecule has 0 spiro atoms. The molecule has 0 aliphatic heterocycles. The van der Waals surface area contributed by atoms with Crippen molar-refractivity contribution in [2.24, 2.45) is 0 Å². The van der Waals surface area contributed by atoms with Gasteiger partial charge < -0.3 is 15.2 Å². The van der Waals surface area contributed by atoms with E-state index in [1.165, 1.54) is 5.56 Å². The normalized spacial score (nSPS) is 18.5. The Morgan fingerprint density at radius 2 is 1.90 bits per heavy atom. The molecule has 168 valence electrons. The van der Waals surface area contributed by atoms with Crippen molar-refractivity contribution in [2.45, 2.75) is 64.0 Å². The summed E-state index contributed by atoms with van der Waals surface area (Å²) >= 11 is 0. The van der Waals surface area contributed by atoms with E-state index in [2.05, 4.69) is 22.4 Å². The molecule has 1 aliphatic rings. The van der Waals surface area contributed by atoms with Crippen molar-refractivity contribution < 1.29 is 14.6 Å². The van der Waals surface area contributed by atoms with Crippen molar-refractivity contribution in [3.63, 3.8) is 0 Å². The van der Waals surface area contributed by atoms with Gasteiger partial charge in [-0.25, -0.2) is 4.79 Å². The van der Waals surface area contributed by atoms with Gasteiger partial charge in [0.15, 0.2) is 5.69 Å². The third-order valence-corrected chi connectivity index (χ3v) is 5.77. The second-order valence-electron chi connectivity index (χ2n) is 7.95. The number of aromatic nitrogens is 2.